The van der Waals surface area contributed by atoms with Crippen molar-refractivity contribution in [2.45, 2.75) is 18.5 Å². The summed E-state index contributed by atoms with van der Waals surface area (Å²) in [5, 5.41) is 7.01. The number of hydrogen-bond acceptors (Lipinski definition) is 7. The molecule has 1 amide bonds. The van der Waals surface area contributed by atoms with Crippen LogP contribution in [0.3, 0.4) is 0 Å². The van der Waals surface area contributed by atoms with Gasteiger partial charge in [-0.05, 0) is 37.7 Å². The van der Waals surface area contributed by atoms with Crippen molar-refractivity contribution in [2.75, 3.05) is 13.6 Å². The maximum atomic E-state index is 12.1. The number of rotatable bonds is 4. The van der Waals surface area contributed by atoms with Crippen molar-refractivity contribution in [3.05, 3.63) is 54.6 Å². The molecule has 8 nitrogen and oxygen atoms in total. The highest BCUT2D eigenvalue weighted by Crippen LogP contribution is 2.30. The van der Waals surface area contributed by atoms with Crippen LogP contribution in [-0.4, -0.2) is 45.6 Å². The van der Waals surface area contributed by atoms with Gasteiger partial charge < -0.3 is 14.3 Å². The largest absolute Gasteiger partial charge is 0.459 e. The van der Waals surface area contributed by atoms with E-state index >= 15 is 0 Å². The fourth-order valence-corrected chi connectivity index (χ4v) is 3.04. The van der Waals surface area contributed by atoms with Gasteiger partial charge in [0.05, 0.1) is 12.3 Å². The SMILES string of the molecule is CN1CC(NC(=O)c2ccco2)CC1c1nc(-c2cccnc2)no1. The smallest absolute Gasteiger partial charge is 0.287 e. The van der Waals surface area contributed by atoms with Gasteiger partial charge in [0.25, 0.3) is 5.91 Å². The van der Waals surface area contributed by atoms with Crippen LogP contribution in [0.15, 0.2) is 51.9 Å². The van der Waals surface area contributed by atoms with E-state index in [9.17, 15) is 4.79 Å². The highest BCUT2D eigenvalue weighted by molar-refractivity contribution is 5.91. The molecule has 0 spiro atoms. The minimum Gasteiger partial charge on any atom is -0.459 e. The summed E-state index contributed by atoms with van der Waals surface area (Å²) < 4.78 is 10.6. The topological polar surface area (TPSA) is 97.3 Å². The molecular weight excluding hydrogens is 322 g/mol. The monoisotopic (exact) mass is 339 g/mol. The second kappa shape index (κ2) is 6.48. The minimum absolute atomic E-state index is 0.0126. The van der Waals surface area contributed by atoms with E-state index in [2.05, 4.69) is 25.3 Å². The third-order valence-electron chi connectivity index (χ3n) is 4.27. The van der Waals surface area contributed by atoms with Gasteiger partial charge in [-0.3, -0.25) is 14.7 Å². The highest BCUT2D eigenvalue weighted by atomic mass is 16.5. The van der Waals surface area contributed by atoms with Crippen LogP contribution in [0.4, 0.5) is 0 Å². The normalized spacial score (nSPS) is 20.7. The molecule has 3 aromatic heterocycles. The summed E-state index contributed by atoms with van der Waals surface area (Å²) in [4.78, 5) is 22.8. The molecule has 1 saturated heterocycles. The van der Waals surface area contributed by atoms with E-state index in [0.717, 1.165) is 5.56 Å². The number of nitrogens with one attached hydrogen (secondary N) is 1. The van der Waals surface area contributed by atoms with Crippen molar-refractivity contribution < 1.29 is 13.7 Å². The molecule has 2 atom stereocenters. The van der Waals surface area contributed by atoms with E-state index in [4.69, 9.17) is 8.94 Å². The number of hydrogen-bond donors (Lipinski definition) is 1. The van der Waals surface area contributed by atoms with Gasteiger partial charge >= 0.3 is 0 Å². The van der Waals surface area contributed by atoms with Gasteiger partial charge in [0.1, 0.15) is 0 Å². The molecule has 1 aliphatic rings. The first-order chi connectivity index (χ1) is 12.2. The third kappa shape index (κ3) is 3.16. The van der Waals surface area contributed by atoms with Crippen molar-refractivity contribution >= 4 is 5.91 Å². The number of furan rings is 1. The predicted molar refractivity (Wildman–Crippen MR) is 87.5 cm³/mol. The van der Waals surface area contributed by atoms with E-state index in [-0.39, 0.29) is 18.0 Å². The molecule has 4 rings (SSSR count). The Labute approximate surface area is 143 Å². The number of likely N-dealkylation sites (N-methyl/N-ethyl adjacent to an activating group) is 1. The van der Waals surface area contributed by atoms with Crippen LogP contribution in [0.5, 0.6) is 0 Å². The van der Waals surface area contributed by atoms with Gasteiger partial charge in [-0.1, -0.05) is 5.16 Å². The van der Waals surface area contributed by atoms with E-state index in [0.29, 0.717) is 30.4 Å². The molecule has 0 radical (unpaired) electrons. The number of carbonyl (C=O) groups excluding carboxylic acids is 1. The van der Waals surface area contributed by atoms with Crippen LogP contribution in [-0.2, 0) is 0 Å². The average molecular weight is 339 g/mol. The maximum Gasteiger partial charge on any atom is 0.287 e. The summed E-state index contributed by atoms with van der Waals surface area (Å²) in [7, 11) is 1.97. The first-order valence-electron chi connectivity index (χ1n) is 7.99. The molecule has 1 N–H and O–H groups in total. The van der Waals surface area contributed by atoms with Crippen LogP contribution in [0.2, 0.25) is 0 Å². The number of likely N-dealkylation sites (tertiary alicyclic amines) is 1. The van der Waals surface area contributed by atoms with Gasteiger partial charge in [0.15, 0.2) is 5.76 Å². The lowest BCUT2D eigenvalue weighted by atomic mass is 10.1. The second-order valence-corrected chi connectivity index (χ2v) is 6.04. The van der Waals surface area contributed by atoms with Crippen molar-refractivity contribution in [1.29, 1.82) is 0 Å². The van der Waals surface area contributed by atoms with Crippen molar-refractivity contribution in [3.63, 3.8) is 0 Å². The Morgan fingerprint density at radius 2 is 2.28 bits per heavy atom. The molecule has 4 heterocycles. The molecule has 128 valence electrons. The molecule has 0 saturated carbocycles. The van der Waals surface area contributed by atoms with Crippen molar-refractivity contribution in [1.82, 2.24) is 25.3 Å². The van der Waals surface area contributed by atoms with Crippen LogP contribution in [0, 0.1) is 0 Å². The molecule has 0 bridgehead atoms. The Kier molecular flexibility index (Phi) is 4.02. The van der Waals surface area contributed by atoms with Crippen molar-refractivity contribution in [2.24, 2.45) is 0 Å². The molecule has 25 heavy (non-hydrogen) atoms. The number of nitrogens with zero attached hydrogens (tertiary/aromatic N) is 4. The first-order valence-corrected chi connectivity index (χ1v) is 7.99. The number of amides is 1. The summed E-state index contributed by atoms with van der Waals surface area (Å²) in [5.41, 5.74) is 0.806. The van der Waals surface area contributed by atoms with E-state index in [1.165, 1.54) is 6.26 Å². The lowest BCUT2D eigenvalue weighted by molar-refractivity contribution is 0.0910. The summed E-state index contributed by atoms with van der Waals surface area (Å²) in [6.45, 7) is 0.696. The zero-order chi connectivity index (χ0) is 17.2. The summed E-state index contributed by atoms with van der Waals surface area (Å²) in [6, 6.07) is 6.99. The lowest BCUT2D eigenvalue weighted by Gasteiger charge is -2.14. The number of pyridine rings is 1. The number of carbonyl (C=O) groups is 1. The van der Waals surface area contributed by atoms with E-state index in [1.54, 1.807) is 24.5 Å². The zero-order valence-electron chi connectivity index (χ0n) is 13.6. The Hall–Kier alpha value is -3.00. The lowest BCUT2D eigenvalue weighted by Crippen LogP contribution is -2.36. The van der Waals surface area contributed by atoms with E-state index < -0.39 is 0 Å². The van der Waals surface area contributed by atoms with Gasteiger partial charge in [-0.25, -0.2) is 0 Å². The Morgan fingerprint density at radius 1 is 1.36 bits per heavy atom. The molecule has 0 aliphatic carbocycles. The fraction of sp³-hybridized carbons (Fsp3) is 0.294. The Morgan fingerprint density at radius 3 is 3.04 bits per heavy atom. The van der Waals surface area contributed by atoms with Gasteiger partial charge in [0.2, 0.25) is 11.7 Å². The summed E-state index contributed by atoms with van der Waals surface area (Å²) >= 11 is 0. The molecule has 2 unspecified atom stereocenters. The molecule has 1 fully saturated rings. The van der Waals surface area contributed by atoms with Gasteiger partial charge in [0, 0.05) is 30.5 Å². The summed E-state index contributed by atoms with van der Waals surface area (Å²) in [6.07, 6.45) is 5.56. The highest BCUT2D eigenvalue weighted by Gasteiger charge is 2.35. The molecular formula is C17H17N5O3. The maximum absolute atomic E-state index is 12.1. The molecule has 3 aromatic rings. The Bertz CT molecular complexity index is 846. The summed E-state index contributed by atoms with van der Waals surface area (Å²) in [5.74, 6) is 1.14. The third-order valence-corrected chi connectivity index (χ3v) is 4.27. The van der Waals surface area contributed by atoms with Crippen molar-refractivity contribution in [3.8, 4) is 11.4 Å². The van der Waals surface area contributed by atoms with Gasteiger partial charge in [-0.2, -0.15) is 4.98 Å². The molecule has 0 aromatic carbocycles. The Balaban J connectivity index is 1.45. The van der Waals surface area contributed by atoms with Gasteiger partial charge in [-0.15, -0.1) is 0 Å². The average Bonchev–Trinajstić information content (AvgIpc) is 3.36. The zero-order valence-corrected chi connectivity index (χ0v) is 13.6. The van der Waals surface area contributed by atoms with Crippen LogP contribution < -0.4 is 5.32 Å². The quantitative estimate of drug-likeness (QED) is 0.775. The molecule has 1 aliphatic heterocycles. The van der Waals surface area contributed by atoms with Crippen LogP contribution in [0.1, 0.15) is 28.9 Å². The standard InChI is InChI=1S/C17H17N5O3/c1-22-10-12(19-16(23)14-5-3-7-24-14)8-13(22)17-20-15(21-25-17)11-4-2-6-18-9-11/h2-7,9,12-13H,8,10H2,1H3,(H,19,23). The first kappa shape index (κ1) is 15.5. The second-order valence-electron chi connectivity index (χ2n) is 6.04. The van der Waals surface area contributed by atoms with Crippen LogP contribution >= 0.6 is 0 Å². The fourth-order valence-electron chi connectivity index (χ4n) is 3.04. The molecule has 8 heteroatoms. The van der Waals surface area contributed by atoms with Crippen LogP contribution in [0.25, 0.3) is 11.4 Å². The van der Waals surface area contributed by atoms with E-state index in [1.807, 2.05) is 19.2 Å². The predicted octanol–water partition coefficient (Wildman–Crippen LogP) is 1.90. The minimum atomic E-state index is -0.217. The number of aromatic nitrogens is 3.